The van der Waals surface area contributed by atoms with E-state index >= 15 is 0 Å². The average molecular weight is 369 g/mol. The second kappa shape index (κ2) is 5.69. The van der Waals surface area contributed by atoms with Crippen LogP contribution in [0, 0.1) is 20.8 Å². The molecule has 0 aliphatic carbocycles. The van der Waals surface area contributed by atoms with Crippen LogP contribution in [0.2, 0.25) is 0 Å². The number of nitrogens with one attached hydrogen (secondary N) is 1. The third kappa shape index (κ3) is 3.22. The highest BCUT2D eigenvalue weighted by Crippen LogP contribution is 2.29. The Labute approximate surface area is 133 Å². The molecule has 0 aliphatic heterocycles. The van der Waals surface area contributed by atoms with Crippen molar-refractivity contribution in [2.45, 2.75) is 25.7 Å². The third-order valence-electron chi connectivity index (χ3n) is 3.42. The Hall–Kier alpha value is -1.53. The van der Waals surface area contributed by atoms with Gasteiger partial charge in [0.15, 0.2) is 0 Å². The van der Waals surface area contributed by atoms with Gasteiger partial charge in [-0.1, -0.05) is 22.0 Å². The molecule has 112 valence electrons. The summed E-state index contributed by atoms with van der Waals surface area (Å²) in [6, 6.07) is 8.81. The Morgan fingerprint density at radius 2 is 1.76 bits per heavy atom. The topological polar surface area (TPSA) is 72.2 Å². The van der Waals surface area contributed by atoms with Gasteiger partial charge < -0.3 is 5.73 Å². The van der Waals surface area contributed by atoms with Crippen LogP contribution < -0.4 is 10.5 Å². The van der Waals surface area contributed by atoms with Crippen LogP contribution in [0.3, 0.4) is 0 Å². The van der Waals surface area contributed by atoms with Gasteiger partial charge in [0.05, 0.1) is 4.90 Å². The number of rotatable bonds is 3. The zero-order valence-electron chi connectivity index (χ0n) is 12.1. The van der Waals surface area contributed by atoms with Crippen LogP contribution in [0.4, 0.5) is 11.4 Å². The Kier molecular flexibility index (Phi) is 4.30. The molecule has 0 saturated carbocycles. The van der Waals surface area contributed by atoms with Gasteiger partial charge in [-0.25, -0.2) is 8.42 Å². The molecule has 0 atom stereocenters. The van der Waals surface area contributed by atoms with Gasteiger partial charge in [0.1, 0.15) is 0 Å². The zero-order valence-corrected chi connectivity index (χ0v) is 14.5. The summed E-state index contributed by atoms with van der Waals surface area (Å²) in [5.41, 5.74) is 9.02. The molecule has 0 bridgehead atoms. The SMILES string of the molecule is Cc1cc(N)c(C)c(S(=O)(=O)Nc2cccc(Br)c2)c1C. The first-order valence-electron chi connectivity index (χ1n) is 6.37. The molecule has 2 aromatic rings. The maximum Gasteiger partial charge on any atom is 0.262 e. The lowest BCUT2D eigenvalue weighted by atomic mass is 10.1. The number of aryl methyl sites for hydroxylation is 1. The number of hydrogen-bond donors (Lipinski definition) is 2. The largest absolute Gasteiger partial charge is 0.398 e. The van der Waals surface area contributed by atoms with Crippen molar-refractivity contribution in [1.82, 2.24) is 0 Å². The highest BCUT2D eigenvalue weighted by atomic mass is 79.9. The van der Waals surface area contributed by atoms with E-state index in [1.807, 2.05) is 13.0 Å². The fourth-order valence-corrected chi connectivity index (χ4v) is 4.23. The monoisotopic (exact) mass is 368 g/mol. The third-order valence-corrected chi connectivity index (χ3v) is 5.57. The molecular weight excluding hydrogens is 352 g/mol. The Morgan fingerprint density at radius 1 is 1.10 bits per heavy atom. The van der Waals surface area contributed by atoms with E-state index in [1.165, 1.54) is 0 Å². The summed E-state index contributed by atoms with van der Waals surface area (Å²) in [5, 5.41) is 0. The van der Waals surface area contributed by atoms with E-state index < -0.39 is 10.0 Å². The van der Waals surface area contributed by atoms with Crippen LogP contribution in [0.25, 0.3) is 0 Å². The zero-order chi connectivity index (χ0) is 15.8. The van der Waals surface area contributed by atoms with E-state index in [0.29, 0.717) is 22.5 Å². The molecule has 0 spiro atoms. The highest BCUT2D eigenvalue weighted by Gasteiger charge is 2.22. The molecule has 0 unspecified atom stereocenters. The number of benzene rings is 2. The summed E-state index contributed by atoms with van der Waals surface area (Å²) in [7, 11) is -3.69. The fraction of sp³-hybridized carbons (Fsp3) is 0.200. The van der Waals surface area contributed by atoms with Crippen molar-refractivity contribution < 1.29 is 8.42 Å². The number of sulfonamides is 1. The molecule has 6 heteroatoms. The summed E-state index contributed by atoms with van der Waals surface area (Å²) >= 11 is 3.32. The molecule has 0 amide bonds. The molecule has 0 saturated heterocycles. The van der Waals surface area contributed by atoms with Crippen LogP contribution in [-0.2, 0) is 10.0 Å². The molecule has 0 heterocycles. The van der Waals surface area contributed by atoms with Gasteiger partial charge in [0, 0.05) is 15.8 Å². The molecule has 2 aromatic carbocycles. The standard InChI is InChI=1S/C15H17BrN2O2S/c1-9-7-14(17)11(3)15(10(9)2)21(19,20)18-13-6-4-5-12(16)8-13/h4-8,18H,17H2,1-3H3. The smallest absolute Gasteiger partial charge is 0.262 e. The lowest BCUT2D eigenvalue weighted by Crippen LogP contribution is -2.17. The van der Waals surface area contributed by atoms with Gasteiger partial charge in [0.2, 0.25) is 0 Å². The number of halogens is 1. The summed E-state index contributed by atoms with van der Waals surface area (Å²) in [5.74, 6) is 0. The minimum Gasteiger partial charge on any atom is -0.398 e. The molecule has 0 radical (unpaired) electrons. The fourth-order valence-electron chi connectivity index (χ4n) is 2.20. The molecule has 3 N–H and O–H groups in total. The van der Waals surface area contributed by atoms with Crippen molar-refractivity contribution in [3.8, 4) is 0 Å². The Balaban J connectivity index is 2.55. The van der Waals surface area contributed by atoms with Crippen molar-refractivity contribution in [3.63, 3.8) is 0 Å². The van der Waals surface area contributed by atoms with E-state index in [2.05, 4.69) is 20.7 Å². The quantitative estimate of drug-likeness (QED) is 0.810. The van der Waals surface area contributed by atoms with Crippen molar-refractivity contribution in [2.24, 2.45) is 0 Å². The Bertz CT molecular complexity index is 775. The lowest BCUT2D eigenvalue weighted by molar-refractivity contribution is 0.600. The number of anilines is 2. The summed E-state index contributed by atoms with van der Waals surface area (Å²) in [6.07, 6.45) is 0. The number of hydrogen-bond acceptors (Lipinski definition) is 3. The van der Waals surface area contributed by atoms with E-state index in [-0.39, 0.29) is 4.90 Å². The summed E-state index contributed by atoms with van der Waals surface area (Å²) < 4.78 is 28.8. The van der Waals surface area contributed by atoms with Crippen LogP contribution in [0.5, 0.6) is 0 Å². The molecule has 21 heavy (non-hydrogen) atoms. The van der Waals surface area contributed by atoms with Gasteiger partial charge in [-0.15, -0.1) is 0 Å². The molecule has 0 aliphatic rings. The second-order valence-corrected chi connectivity index (χ2v) is 7.51. The first kappa shape index (κ1) is 15.9. The molecule has 4 nitrogen and oxygen atoms in total. The van der Waals surface area contributed by atoms with Crippen LogP contribution in [0.15, 0.2) is 39.7 Å². The van der Waals surface area contributed by atoms with Crippen LogP contribution in [0.1, 0.15) is 16.7 Å². The maximum atomic E-state index is 12.7. The highest BCUT2D eigenvalue weighted by molar-refractivity contribution is 9.10. The minimum absolute atomic E-state index is 0.250. The van der Waals surface area contributed by atoms with E-state index in [0.717, 1.165) is 10.0 Å². The Morgan fingerprint density at radius 3 is 2.38 bits per heavy atom. The van der Waals surface area contributed by atoms with Gasteiger partial charge in [-0.2, -0.15) is 0 Å². The molecule has 0 aromatic heterocycles. The molecule has 0 fully saturated rings. The van der Waals surface area contributed by atoms with Gasteiger partial charge in [0.25, 0.3) is 10.0 Å². The van der Waals surface area contributed by atoms with Crippen LogP contribution in [-0.4, -0.2) is 8.42 Å². The van der Waals surface area contributed by atoms with Gasteiger partial charge in [-0.05, 0) is 61.7 Å². The summed E-state index contributed by atoms with van der Waals surface area (Å²) in [4.78, 5) is 0.250. The van der Waals surface area contributed by atoms with Crippen molar-refractivity contribution in [2.75, 3.05) is 10.5 Å². The van der Waals surface area contributed by atoms with Crippen molar-refractivity contribution in [3.05, 3.63) is 51.5 Å². The van der Waals surface area contributed by atoms with Crippen molar-refractivity contribution >= 4 is 37.3 Å². The number of nitrogens with two attached hydrogens (primary N) is 1. The van der Waals surface area contributed by atoms with Gasteiger partial charge in [-0.3, -0.25) is 4.72 Å². The van der Waals surface area contributed by atoms with Crippen LogP contribution >= 0.6 is 15.9 Å². The van der Waals surface area contributed by atoms with E-state index in [4.69, 9.17) is 5.73 Å². The predicted octanol–water partition coefficient (Wildman–Crippen LogP) is 3.76. The molecule has 2 rings (SSSR count). The van der Waals surface area contributed by atoms with Crippen molar-refractivity contribution in [1.29, 1.82) is 0 Å². The normalized spacial score (nSPS) is 11.4. The maximum absolute atomic E-state index is 12.7. The summed E-state index contributed by atoms with van der Waals surface area (Å²) in [6.45, 7) is 5.36. The van der Waals surface area contributed by atoms with Gasteiger partial charge >= 0.3 is 0 Å². The lowest BCUT2D eigenvalue weighted by Gasteiger charge is -2.16. The second-order valence-electron chi connectivity index (χ2n) is 4.98. The first-order valence-corrected chi connectivity index (χ1v) is 8.64. The predicted molar refractivity (Wildman–Crippen MR) is 90.0 cm³/mol. The average Bonchev–Trinajstić information content (AvgIpc) is 2.35. The van der Waals surface area contributed by atoms with E-state index in [9.17, 15) is 8.42 Å². The number of nitrogen functional groups attached to an aromatic ring is 1. The minimum atomic E-state index is -3.69. The van der Waals surface area contributed by atoms with E-state index in [1.54, 1.807) is 38.1 Å². The first-order chi connectivity index (χ1) is 9.72. The molecular formula is C15H17BrN2O2S.